The van der Waals surface area contributed by atoms with Crippen molar-refractivity contribution in [3.63, 3.8) is 0 Å². The van der Waals surface area contributed by atoms with Gasteiger partial charge in [-0.3, -0.25) is 9.59 Å². The van der Waals surface area contributed by atoms with E-state index in [4.69, 9.17) is 11.6 Å². The summed E-state index contributed by atoms with van der Waals surface area (Å²) in [5.74, 6) is -0.266. The summed E-state index contributed by atoms with van der Waals surface area (Å²) in [4.78, 5) is 26.5. The van der Waals surface area contributed by atoms with Crippen LogP contribution in [0, 0.1) is 0 Å². The van der Waals surface area contributed by atoms with E-state index in [0.717, 1.165) is 18.5 Å². The van der Waals surface area contributed by atoms with Crippen LogP contribution in [0.3, 0.4) is 0 Å². The SMILES string of the molecule is CCCCN(C(=O)CCNC(=O)c1ccccc1Cl)c1ccccc1. The maximum absolute atomic E-state index is 12.6. The van der Waals surface area contributed by atoms with Gasteiger partial charge >= 0.3 is 0 Å². The summed E-state index contributed by atoms with van der Waals surface area (Å²) in [6.45, 7) is 3.05. The molecular weight excluding hydrogens is 336 g/mol. The number of carbonyl (C=O) groups excluding carboxylic acids is 2. The summed E-state index contributed by atoms with van der Waals surface area (Å²) in [5.41, 5.74) is 1.31. The zero-order valence-corrected chi connectivity index (χ0v) is 15.1. The Hall–Kier alpha value is -2.33. The number of nitrogens with one attached hydrogen (secondary N) is 1. The fourth-order valence-electron chi connectivity index (χ4n) is 2.48. The Morgan fingerprint density at radius 1 is 1.04 bits per heavy atom. The van der Waals surface area contributed by atoms with Gasteiger partial charge in [-0.05, 0) is 30.7 Å². The third-order valence-electron chi connectivity index (χ3n) is 3.85. The highest BCUT2D eigenvalue weighted by atomic mass is 35.5. The number of amides is 2. The first-order valence-electron chi connectivity index (χ1n) is 8.51. The van der Waals surface area contributed by atoms with Crippen LogP contribution in [0.25, 0.3) is 0 Å². The largest absolute Gasteiger partial charge is 0.351 e. The minimum atomic E-state index is -0.266. The van der Waals surface area contributed by atoms with Gasteiger partial charge in [0.25, 0.3) is 5.91 Å². The fourth-order valence-corrected chi connectivity index (χ4v) is 2.70. The zero-order valence-electron chi connectivity index (χ0n) is 14.4. The topological polar surface area (TPSA) is 49.4 Å². The molecule has 0 unspecified atom stereocenters. The third-order valence-corrected chi connectivity index (χ3v) is 4.18. The number of anilines is 1. The lowest BCUT2D eigenvalue weighted by molar-refractivity contribution is -0.118. The van der Waals surface area contributed by atoms with E-state index in [0.29, 0.717) is 17.1 Å². The van der Waals surface area contributed by atoms with Gasteiger partial charge in [0.15, 0.2) is 0 Å². The molecule has 5 heteroatoms. The summed E-state index contributed by atoms with van der Waals surface area (Å²) in [5, 5.41) is 3.17. The van der Waals surface area contributed by atoms with Crippen LogP contribution in [0.5, 0.6) is 0 Å². The second-order valence-corrected chi connectivity index (χ2v) is 6.13. The van der Waals surface area contributed by atoms with E-state index >= 15 is 0 Å². The molecule has 132 valence electrons. The van der Waals surface area contributed by atoms with Gasteiger partial charge in [-0.15, -0.1) is 0 Å². The number of para-hydroxylation sites is 1. The Morgan fingerprint density at radius 2 is 1.72 bits per heavy atom. The molecule has 0 heterocycles. The number of rotatable bonds is 8. The number of carbonyl (C=O) groups is 2. The lowest BCUT2D eigenvalue weighted by Gasteiger charge is -2.23. The predicted molar refractivity (Wildman–Crippen MR) is 102 cm³/mol. The quantitative estimate of drug-likeness (QED) is 0.765. The second-order valence-electron chi connectivity index (χ2n) is 5.72. The van der Waals surface area contributed by atoms with E-state index in [1.807, 2.05) is 30.3 Å². The number of benzene rings is 2. The molecule has 0 aliphatic rings. The second kappa shape index (κ2) is 9.84. The van der Waals surface area contributed by atoms with Crippen LogP contribution in [-0.4, -0.2) is 24.9 Å². The van der Waals surface area contributed by atoms with Crippen molar-refractivity contribution in [1.82, 2.24) is 5.32 Å². The van der Waals surface area contributed by atoms with Crippen molar-refractivity contribution in [3.05, 3.63) is 65.2 Å². The van der Waals surface area contributed by atoms with Gasteiger partial charge in [-0.2, -0.15) is 0 Å². The van der Waals surface area contributed by atoms with Crippen LogP contribution in [0.1, 0.15) is 36.5 Å². The predicted octanol–water partition coefficient (Wildman–Crippen LogP) is 4.29. The van der Waals surface area contributed by atoms with Crippen LogP contribution < -0.4 is 10.2 Å². The molecule has 0 spiro atoms. The molecule has 0 saturated heterocycles. The van der Waals surface area contributed by atoms with E-state index in [9.17, 15) is 9.59 Å². The van der Waals surface area contributed by atoms with Crippen molar-refractivity contribution in [2.75, 3.05) is 18.0 Å². The first-order chi connectivity index (χ1) is 12.1. The summed E-state index contributed by atoms with van der Waals surface area (Å²) in [6, 6.07) is 16.5. The highest BCUT2D eigenvalue weighted by Gasteiger charge is 2.16. The van der Waals surface area contributed by atoms with Crippen molar-refractivity contribution in [3.8, 4) is 0 Å². The monoisotopic (exact) mass is 358 g/mol. The van der Waals surface area contributed by atoms with E-state index in [1.165, 1.54) is 0 Å². The van der Waals surface area contributed by atoms with Crippen LogP contribution in [0.15, 0.2) is 54.6 Å². The number of halogens is 1. The maximum atomic E-state index is 12.6. The number of unbranched alkanes of at least 4 members (excludes halogenated alkanes) is 1. The standard InChI is InChI=1S/C20H23ClN2O2/c1-2-3-15-23(16-9-5-4-6-10-16)19(24)13-14-22-20(25)17-11-7-8-12-18(17)21/h4-12H,2-3,13-15H2,1H3,(H,22,25). The van der Waals surface area contributed by atoms with Crippen molar-refractivity contribution >= 4 is 29.1 Å². The molecule has 2 amide bonds. The fraction of sp³-hybridized carbons (Fsp3) is 0.300. The summed E-state index contributed by atoms with van der Waals surface area (Å²) < 4.78 is 0. The molecule has 0 bridgehead atoms. The Kier molecular flexibility index (Phi) is 7.48. The smallest absolute Gasteiger partial charge is 0.252 e. The Balaban J connectivity index is 1.92. The van der Waals surface area contributed by atoms with Crippen LogP contribution >= 0.6 is 11.6 Å². The van der Waals surface area contributed by atoms with Crippen LogP contribution in [0.4, 0.5) is 5.69 Å². The molecule has 2 aromatic carbocycles. The highest BCUT2D eigenvalue weighted by Crippen LogP contribution is 2.16. The normalized spacial score (nSPS) is 10.3. The van der Waals surface area contributed by atoms with Crippen molar-refractivity contribution < 1.29 is 9.59 Å². The molecule has 1 N–H and O–H groups in total. The molecule has 0 saturated carbocycles. The Bertz CT molecular complexity index is 704. The van der Waals surface area contributed by atoms with Gasteiger partial charge in [0.05, 0.1) is 10.6 Å². The van der Waals surface area contributed by atoms with Crippen molar-refractivity contribution in [2.24, 2.45) is 0 Å². The van der Waals surface area contributed by atoms with Crippen LogP contribution in [0.2, 0.25) is 5.02 Å². The molecule has 4 nitrogen and oxygen atoms in total. The molecule has 0 radical (unpaired) electrons. The van der Waals surface area contributed by atoms with Crippen LogP contribution in [-0.2, 0) is 4.79 Å². The van der Waals surface area contributed by atoms with Crippen molar-refractivity contribution in [2.45, 2.75) is 26.2 Å². The molecule has 0 fully saturated rings. The molecule has 2 rings (SSSR count). The van der Waals surface area contributed by atoms with E-state index < -0.39 is 0 Å². The zero-order chi connectivity index (χ0) is 18.1. The van der Waals surface area contributed by atoms with Gasteiger partial charge in [-0.1, -0.05) is 55.3 Å². The first kappa shape index (κ1) is 19.0. The summed E-state index contributed by atoms with van der Waals surface area (Å²) in [6.07, 6.45) is 2.20. The number of hydrogen-bond acceptors (Lipinski definition) is 2. The molecule has 2 aromatic rings. The lowest BCUT2D eigenvalue weighted by atomic mass is 10.2. The maximum Gasteiger partial charge on any atom is 0.252 e. The van der Waals surface area contributed by atoms with Gasteiger partial charge in [0.2, 0.25) is 5.91 Å². The summed E-state index contributed by atoms with van der Waals surface area (Å²) >= 11 is 6.01. The molecule has 0 aliphatic heterocycles. The van der Waals surface area contributed by atoms with E-state index in [1.54, 1.807) is 29.2 Å². The highest BCUT2D eigenvalue weighted by molar-refractivity contribution is 6.33. The van der Waals surface area contributed by atoms with Gasteiger partial charge in [-0.25, -0.2) is 0 Å². The molecular formula is C20H23ClN2O2. The minimum absolute atomic E-state index is 0.000825. The third kappa shape index (κ3) is 5.61. The van der Waals surface area contributed by atoms with E-state index in [2.05, 4.69) is 12.2 Å². The van der Waals surface area contributed by atoms with Gasteiger partial charge < -0.3 is 10.2 Å². The average Bonchev–Trinajstić information content (AvgIpc) is 2.63. The van der Waals surface area contributed by atoms with Gasteiger partial charge in [0.1, 0.15) is 0 Å². The van der Waals surface area contributed by atoms with Crippen molar-refractivity contribution in [1.29, 1.82) is 0 Å². The molecule has 0 aliphatic carbocycles. The average molecular weight is 359 g/mol. The summed E-state index contributed by atoms with van der Waals surface area (Å²) in [7, 11) is 0. The number of hydrogen-bond donors (Lipinski definition) is 1. The number of nitrogens with zero attached hydrogens (tertiary/aromatic N) is 1. The molecule has 25 heavy (non-hydrogen) atoms. The van der Waals surface area contributed by atoms with Gasteiger partial charge in [0, 0.05) is 25.2 Å². The lowest BCUT2D eigenvalue weighted by Crippen LogP contribution is -2.35. The van der Waals surface area contributed by atoms with E-state index in [-0.39, 0.29) is 24.8 Å². The Morgan fingerprint density at radius 3 is 2.40 bits per heavy atom. The molecule has 0 aromatic heterocycles. The molecule has 0 atom stereocenters. The minimum Gasteiger partial charge on any atom is -0.351 e. The first-order valence-corrected chi connectivity index (χ1v) is 8.89. The Labute approximate surface area is 153 Å².